The van der Waals surface area contributed by atoms with E-state index in [1.54, 1.807) is 6.07 Å². The van der Waals surface area contributed by atoms with E-state index in [4.69, 9.17) is 39.5 Å². The quantitative estimate of drug-likeness (QED) is 0.789. The topological polar surface area (TPSA) is 21.3 Å². The van der Waals surface area contributed by atoms with Gasteiger partial charge in [0.1, 0.15) is 5.75 Å². The van der Waals surface area contributed by atoms with E-state index in [1.807, 2.05) is 44.3 Å². The summed E-state index contributed by atoms with van der Waals surface area (Å²) in [6, 6.07) is 11.2. The fraction of sp³-hybridized carbons (Fsp3) is 0.250. The average molecular weight is 345 g/mol. The third kappa shape index (κ3) is 3.83. The highest BCUT2D eigenvalue weighted by molar-refractivity contribution is 6.34. The Bertz CT molecular complexity index is 614. The highest BCUT2D eigenvalue weighted by atomic mass is 35.5. The van der Waals surface area contributed by atoms with Crippen molar-refractivity contribution in [3.8, 4) is 5.75 Å². The van der Waals surface area contributed by atoms with Gasteiger partial charge in [0.15, 0.2) is 0 Å². The first-order valence-electron chi connectivity index (χ1n) is 6.61. The van der Waals surface area contributed by atoms with Gasteiger partial charge < -0.3 is 10.1 Å². The van der Waals surface area contributed by atoms with E-state index in [0.717, 1.165) is 11.1 Å². The molecule has 0 aliphatic heterocycles. The second-order valence-corrected chi connectivity index (χ2v) is 5.76. The van der Waals surface area contributed by atoms with E-state index >= 15 is 0 Å². The number of halogens is 3. The van der Waals surface area contributed by atoms with Crippen LogP contribution in [0.15, 0.2) is 36.4 Å². The molecule has 5 heteroatoms. The first kappa shape index (κ1) is 16.4. The monoisotopic (exact) mass is 343 g/mol. The normalized spacial score (nSPS) is 12.2. The molecule has 0 radical (unpaired) electrons. The fourth-order valence-electron chi connectivity index (χ4n) is 2.19. The van der Waals surface area contributed by atoms with Crippen molar-refractivity contribution in [1.29, 1.82) is 0 Å². The molecule has 112 valence electrons. The van der Waals surface area contributed by atoms with Crippen LogP contribution in [0.4, 0.5) is 0 Å². The highest BCUT2D eigenvalue weighted by Crippen LogP contribution is 2.36. The number of hydrogen-bond acceptors (Lipinski definition) is 2. The van der Waals surface area contributed by atoms with Crippen LogP contribution in [0.3, 0.4) is 0 Å². The molecule has 2 nitrogen and oxygen atoms in total. The Labute approximate surface area is 140 Å². The lowest BCUT2D eigenvalue weighted by Gasteiger charge is -2.20. The van der Waals surface area contributed by atoms with Crippen molar-refractivity contribution in [3.63, 3.8) is 0 Å². The molecule has 2 aromatic carbocycles. The summed E-state index contributed by atoms with van der Waals surface area (Å²) in [7, 11) is 1.87. The van der Waals surface area contributed by atoms with Gasteiger partial charge in [-0.3, -0.25) is 0 Å². The van der Waals surface area contributed by atoms with Crippen LogP contribution in [0, 0.1) is 0 Å². The molecule has 1 atom stereocenters. The van der Waals surface area contributed by atoms with Crippen molar-refractivity contribution in [3.05, 3.63) is 62.6 Å². The summed E-state index contributed by atoms with van der Waals surface area (Å²) in [5.74, 6) is 0.596. The van der Waals surface area contributed by atoms with Crippen molar-refractivity contribution < 1.29 is 4.74 Å². The van der Waals surface area contributed by atoms with Crippen molar-refractivity contribution in [2.24, 2.45) is 0 Å². The Kier molecular flexibility index (Phi) is 5.77. The molecule has 21 heavy (non-hydrogen) atoms. The third-order valence-electron chi connectivity index (χ3n) is 3.15. The van der Waals surface area contributed by atoms with Crippen LogP contribution in [-0.4, -0.2) is 13.7 Å². The average Bonchev–Trinajstić information content (AvgIpc) is 2.47. The summed E-state index contributed by atoms with van der Waals surface area (Å²) in [5, 5.41) is 5.10. The van der Waals surface area contributed by atoms with Gasteiger partial charge in [-0.05, 0) is 43.3 Å². The largest absolute Gasteiger partial charge is 0.492 e. The second-order valence-electron chi connectivity index (χ2n) is 4.51. The Hall–Kier alpha value is -0.930. The number of rotatable bonds is 5. The van der Waals surface area contributed by atoms with Gasteiger partial charge in [0.05, 0.1) is 17.7 Å². The van der Waals surface area contributed by atoms with E-state index in [9.17, 15) is 0 Å². The minimum Gasteiger partial charge on any atom is -0.492 e. The van der Waals surface area contributed by atoms with Crippen molar-refractivity contribution in [1.82, 2.24) is 5.32 Å². The van der Waals surface area contributed by atoms with Crippen LogP contribution in [-0.2, 0) is 0 Å². The summed E-state index contributed by atoms with van der Waals surface area (Å²) < 4.78 is 5.45. The first-order valence-corrected chi connectivity index (χ1v) is 7.74. The molecule has 0 fully saturated rings. The lowest BCUT2D eigenvalue weighted by atomic mass is 9.98. The molecule has 0 bridgehead atoms. The van der Waals surface area contributed by atoms with Crippen molar-refractivity contribution >= 4 is 34.8 Å². The van der Waals surface area contributed by atoms with E-state index in [2.05, 4.69) is 5.32 Å². The van der Waals surface area contributed by atoms with Crippen LogP contribution < -0.4 is 10.1 Å². The van der Waals surface area contributed by atoms with Gasteiger partial charge in [0.25, 0.3) is 0 Å². The predicted octanol–water partition coefficient (Wildman–Crippen LogP) is 5.35. The Morgan fingerprint density at radius 3 is 2.29 bits per heavy atom. The van der Waals surface area contributed by atoms with E-state index < -0.39 is 0 Å². The van der Waals surface area contributed by atoms with Gasteiger partial charge in [-0.1, -0.05) is 46.9 Å². The molecule has 0 aromatic heterocycles. The Morgan fingerprint density at radius 1 is 1.05 bits per heavy atom. The number of benzene rings is 2. The van der Waals surface area contributed by atoms with Gasteiger partial charge in [0, 0.05) is 16.1 Å². The summed E-state index contributed by atoms with van der Waals surface area (Å²) >= 11 is 18.6. The number of nitrogens with one attached hydrogen (secondary N) is 1. The molecule has 1 N–H and O–H groups in total. The van der Waals surface area contributed by atoms with Gasteiger partial charge in [-0.2, -0.15) is 0 Å². The zero-order valence-corrected chi connectivity index (χ0v) is 14.1. The van der Waals surface area contributed by atoms with Crippen LogP contribution in [0.5, 0.6) is 5.75 Å². The summed E-state index contributed by atoms with van der Waals surface area (Å²) in [6.07, 6.45) is 0. The zero-order chi connectivity index (χ0) is 15.4. The molecule has 2 rings (SSSR count). The highest BCUT2D eigenvalue weighted by Gasteiger charge is 2.18. The molecule has 0 aliphatic rings. The molecule has 0 amide bonds. The minimum absolute atomic E-state index is 0.0667. The maximum atomic E-state index is 6.39. The van der Waals surface area contributed by atoms with Crippen LogP contribution >= 0.6 is 34.8 Å². The molecule has 0 heterocycles. The summed E-state index contributed by atoms with van der Waals surface area (Å²) in [6.45, 7) is 2.45. The third-order valence-corrected chi connectivity index (χ3v) is 4.03. The second kappa shape index (κ2) is 7.37. The van der Waals surface area contributed by atoms with Crippen LogP contribution in [0.2, 0.25) is 15.1 Å². The summed E-state index contributed by atoms with van der Waals surface area (Å²) in [4.78, 5) is 0. The van der Waals surface area contributed by atoms with E-state index in [-0.39, 0.29) is 6.04 Å². The molecule has 0 aliphatic carbocycles. The van der Waals surface area contributed by atoms with Gasteiger partial charge in [0.2, 0.25) is 0 Å². The maximum absolute atomic E-state index is 6.39. The first-order chi connectivity index (χ1) is 10.1. The maximum Gasteiger partial charge on any atom is 0.139 e. The SMILES string of the molecule is CCOc1cc(Cl)c(C(NC)c2ccc(Cl)cc2)cc1Cl. The van der Waals surface area contributed by atoms with Gasteiger partial charge >= 0.3 is 0 Å². The molecule has 2 aromatic rings. The standard InChI is InChI=1S/C16H16Cl3NO/c1-3-21-15-9-13(18)12(8-14(15)19)16(20-2)10-4-6-11(17)7-5-10/h4-9,16,20H,3H2,1-2H3. The fourth-order valence-corrected chi connectivity index (χ4v) is 2.80. The molecule has 0 spiro atoms. The number of hydrogen-bond donors (Lipinski definition) is 1. The van der Waals surface area contributed by atoms with Crippen LogP contribution in [0.25, 0.3) is 0 Å². The van der Waals surface area contributed by atoms with E-state index in [0.29, 0.717) is 27.4 Å². The number of ether oxygens (including phenoxy) is 1. The lowest BCUT2D eigenvalue weighted by molar-refractivity contribution is 0.340. The molecular formula is C16H16Cl3NO. The molecule has 1 unspecified atom stereocenters. The molecule has 0 saturated heterocycles. The van der Waals surface area contributed by atoms with Gasteiger partial charge in [-0.25, -0.2) is 0 Å². The minimum atomic E-state index is -0.0667. The van der Waals surface area contributed by atoms with Crippen molar-refractivity contribution in [2.45, 2.75) is 13.0 Å². The Balaban J connectivity index is 2.42. The predicted molar refractivity (Wildman–Crippen MR) is 90.0 cm³/mol. The smallest absolute Gasteiger partial charge is 0.139 e. The Morgan fingerprint density at radius 2 is 1.71 bits per heavy atom. The lowest BCUT2D eigenvalue weighted by Crippen LogP contribution is -2.18. The zero-order valence-electron chi connectivity index (χ0n) is 11.8. The summed E-state index contributed by atoms with van der Waals surface area (Å²) in [5.41, 5.74) is 1.96. The molecular weight excluding hydrogens is 329 g/mol. The van der Waals surface area contributed by atoms with Crippen molar-refractivity contribution in [2.75, 3.05) is 13.7 Å². The van der Waals surface area contributed by atoms with Crippen LogP contribution in [0.1, 0.15) is 24.1 Å². The molecule has 0 saturated carbocycles. The van der Waals surface area contributed by atoms with Gasteiger partial charge in [-0.15, -0.1) is 0 Å². The van der Waals surface area contributed by atoms with E-state index in [1.165, 1.54) is 0 Å².